The van der Waals surface area contributed by atoms with Gasteiger partial charge >= 0.3 is 10.1 Å². The molecule has 0 N–H and O–H groups in total. The van der Waals surface area contributed by atoms with E-state index < -0.39 is 21.2 Å². The largest absolute Gasteiger partial charge is 0.493 e. The van der Waals surface area contributed by atoms with Crippen molar-refractivity contribution in [2.45, 2.75) is 44.6 Å². The highest BCUT2D eigenvalue weighted by Crippen LogP contribution is 2.31. The lowest BCUT2D eigenvalue weighted by atomic mass is 10.1. The number of rotatable bonds is 9. The number of carbonyl (C=O) groups is 1. The van der Waals surface area contributed by atoms with Crippen molar-refractivity contribution in [3.05, 3.63) is 59.4 Å². The number of benzene rings is 2. The predicted molar refractivity (Wildman–Crippen MR) is 118 cm³/mol. The molecule has 9 heteroatoms. The second-order valence-corrected chi connectivity index (χ2v) is 10.0. The van der Waals surface area contributed by atoms with Crippen LogP contribution in [0.15, 0.2) is 42.5 Å². The van der Waals surface area contributed by atoms with E-state index in [1.807, 2.05) is 0 Å². The molecule has 1 amide bonds. The Balaban J connectivity index is 1.89. The van der Waals surface area contributed by atoms with Crippen LogP contribution in [-0.2, 0) is 21.4 Å². The van der Waals surface area contributed by atoms with E-state index in [1.54, 1.807) is 29.2 Å². The maximum absolute atomic E-state index is 13.7. The topological polar surface area (TPSA) is 82.1 Å². The monoisotopic (exact) mass is 465 g/mol. The van der Waals surface area contributed by atoms with Gasteiger partial charge in [0.05, 0.1) is 18.5 Å². The Morgan fingerprint density at radius 3 is 2.62 bits per heavy atom. The zero-order valence-corrected chi connectivity index (χ0v) is 19.2. The summed E-state index contributed by atoms with van der Waals surface area (Å²) in [6, 6.07) is 10.4. The maximum atomic E-state index is 13.7. The van der Waals surface area contributed by atoms with Gasteiger partial charge in [0.2, 0.25) is 0 Å². The number of hydrogen-bond donors (Lipinski definition) is 0. The molecule has 1 atom stereocenters. The highest BCUT2D eigenvalue weighted by molar-refractivity contribution is 7.87. The van der Waals surface area contributed by atoms with Crippen LogP contribution < -0.4 is 8.92 Å². The van der Waals surface area contributed by atoms with Crippen LogP contribution in [0.1, 0.15) is 42.6 Å². The van der Waals surface area contributed by atoms with Gasteiger partial charge in [-0.15, -0.1) is 0 Å². The van der Waals surface area contributed by atoms with Crippen molar-refractivity contribution in [1.29, 1.82) is 0 Å². The second-order valence-electron chi connectivity index (χ2n) is 7.94. The minimum absolute atomic E-state index is 0.0500. The van der Waals surface area contributed by atoms with Gasteiger partial charge in [0, 0.05) is 25.3 Å². The van der Waals surface area contributed by atoms with Crippen molar-refractivity contribution in [3.63, 3.8) is 0 Å². The van der Waals surface area contributed by atoms with Crippen LogP contribution in [-0.4, -0.2) is 50.8 Å². The zero-order valence-electron chi connectivity index (χ0n) is 18.4. The molecule has 0 aliphatic carbocycles. The van der Waals surface area contributed by atoms with Crippen molar-refractivity contribution in [3.8, 4) is 11.5 Å². The highest BCUT2D eigenvalue weighted by Gasteiger charge is 2.25. The molecule has 0 saturated carbocycles. The molecule has 1 aliphatic heterocycles. The van der Waals surface area contributed by atoms with E-state index in [1.165, 1.54) is 39.2 Å². The van der Waals surface area contributed by atoms with Gasteiger partial charge < -0.3 is 18.6 Å². The minimum atomic E-state index is -3.83. The van der Waals surface area contributed by atoms with E-state index in [0.29, 0.717) is 18.7 Å². The summed E-state index contributed by atoms with van der Waals surface area (Å²) in [4.78, 5) is 14.7. The number of carbonyl (C=O) groups excluding carboxylic acids is 1. The summed E-state index contributed by atoms with van der Waals surface area (Å²) in [5.41, 5.74) is 0.873. The van der Waals surface area contributed by atoms with Crippen molar-refractivity contribution in [2.75, 3.05) is 20.3 Å². The molecule has 0 radical (unpaired) electrons. The molecule has 0 bridgehead atoms. The Kier molecular flexibility index (Phi) is 7.73. The molecule has 1 aliphatic rings. The molecular weight excluding hydrogens is 437 g/mol. The van der Waals surface area contributed by atoms with E-state index in [2.05, 4.69) is 0 Å². The fraction of sp³-hybridized carbons (Fsp3) is 0.435. The Hall–Kier alpha value is -2.65. The zero-order chi connectivity index (χ0) is 23.3. The Morgan fingerprint density at radius 1 is 1.22 bits per heavy atom. The lowest BCUT2D eigenvalue weighted by Gasteiger charge is -2.26. The number of methoxy groups -OCH3 is 1. The summed E-state index contributed by atoms with van der Waals surface area (Å²) in [6.45, 7) is 4.18. The third-order valence-electron chi connectivity index (χ3n) is 5.19. The molecule has 7 nitrogen and oxygen atoms in total. The lowest BCUT2D eigenvalue weighted by Crippen LogP contribution is -2.37. The Bertz CT molecular complexity index is 1050. The first kappa shape index (κ1) is 24.0. The smallest absolute Gasteiger partial charge is 0.311 e. The first-order valence-corrected chi connectivity index (χ1v) is 11.9. The third kappa shape index (κ3) is 5.98. The molecule has 174 valence electrons. The first-order valence-electron chi connectivity index (χ1n) is 10.5. The molecule has 2 aromatic rings. The van der Waals surface area contributed by atoms with Gasteiger partial charge in [0.15, 0.2) is 11.5 Å². The third-order valence-corrected chi connectivity index (χ3v) is 6.76. The fourth-order valence-electron chi connectivity index (χ4n) is 3.38. The minimum Gasteiger partial charge on any atom is -0.493 e. The van der Waals surface area contributed by atoms with Gasteiger partial charge in [0.25, 0.3) is 5.91 Å². The van der Waals surface area contributed by atoms with Crippen molar-refractivity contribution in [2.24, 2.45) is 0 Å². The average Bonchev–Trinajstić information content (AvgIpc) is 3.26. The highest BCUT2D eigenvalue weighted by atomic mass is 32.2. The SMILES string of the molecule is COc1ccc(CN(CC2CCCO2)C(=O)c2cccc(F)c2)cc1OS(=O)(=O)C(C)C. The second kappa shape index (κ2) is 10.3. The van der Waals surface area contributed by atoms with Gasteiger partial charge in [-0.3, -0.25) is 4.79 Å². The molecule has 2 aromatic carbocycles. The van der Waals surface area contributed by atoms with Gasteiger partial charge in [-0.05, 0) is 62.6 Å². The average molecular weight is 466 g/mol. The summed E-state index contributed by atoms with van der Waals surface area (Å²) in [5, 5.41) is -0.735. The van der Waals surface area contributed by atoms with Crippen molar-refractivity contribution >= 4 is 16.0 Å². The fourth-order valence-corrected chi connectivity index (χ4v) is 3.96. The normalized spacial score (nSPS) is 16.2. The predicted octanol–water partition coefficient (Wildman–Crippen LogP) is 3.77. The van der Waals surface area contributed by atoms with Crippen molar-refractivity contribution in [1.82, 2.24) is 4.90 Å². The number of amides is 1. The van der Waals surface area contributed by atoms with E-state index in [-0.39, 0.29) is 35.6 Å². The number of hydrogen-bond acceptors (Lipinski definition) is 6. The van der Waals surface area contributed by atoms with Crippen LogP contribution in [0.3, 0.4) is 0 Å². The molecule has 3 rings (SSSR count). The molecule has 1 heterocycles. The van der Waals surface area contributed by atoms with Crippen LogP contribution in [0, 0.1) is 5.82 Å². The van der Waals surface area contributed by atoms with E-state index in [0.717, 1.165) is 12.8 Å². The van der Waals surface area contributed by atoms with Gasteiger partial charge in [0.1, 0.15) is 5.82 Å². The van der Waals surface area contributed by atoms with E-state index in [4.69, 9.17) is 13.7 Å². The van der Waals surface area contributed by atoms with Gasteiger partial charge in [-0.2, -0.15) is 8.42 Å². The number of ether oxygens (including phenoxy) is 2. The molecule has 0 aromatic heterocycles. The van der Waals surface area contributed by atoms with Crippen LogP contribution in [0.4, 0.5) is 4.39 Å². The van der Waals surface area contributed by atoms with E-state index in [9.17, 15) is 17.6 Å². The maximum Gasteiger partial charge on any atom is 0.311 e. The molecule has 1 unspecified atom stereocenters. The number of nitrogens with zero attached hydrogens (tertiary/aromatic N) is 1. The Morgan fingerprint density at radius 2 is 2.00 bits per heavy atom. The number of halogens is 1. The Labute approximate surface area is 188 Å². The van der Waals surface area contributed by atoms with Crippen LogP contribution in [0.2, 0.25) is 0 Å². The van der Waals surface area contributed by atoms with Gasteiger partial charge in [-0.1, -0.05) is 12.1 Å². The summed E-state index contributed by atoms with van der Waals surface area (Å²) >= 11 is 0. The van der Waals surface area contributed by atoms with Crippen LogP contribution in [0.5, 0.6) is 11.5 Å². The molecule has 1 saturated heterocycles. The summed E-state index contributed by atoms with van der Waals surface area (Å²) in [6.07, 6.45) is 1.64. The molecular formula is C23H28FNO6S. The van der Waals surface area contributed by atoms with Crippen LogP contribution >= 0.6 is 0 Å². The molecule has 32 heavy (non-hydrogen) atoms. The van der Waals surface area contributed by atoms with Crippen LogP contribution in [0.25, 0.3) is 0 Å². The molecule has 0 spiro atoms. The standard InChI is InChI=1S/C23H28FNO6S/c1-16(2)32(27,28)31-22-12-17(9-10-21(22)29-3)14-25(15-20-8-5-11-30-20)23(26)18-6-4-7-19(24)13-18/h4,6-7,9-10,12-13,16,20H,5,8,11,14-15H2,1-3H3. The van der Waals surface area contributed by atoms with Crippen molar-refractivity contribution < 1.29 is 31.3 Å². The van der Waals surface area contributed by atoms with E-state index >= 15 is 0 Å². The summed E-state index contributed by atoms with van der Waals surface area (Å²) in [7, 11) is -2.42. The summed E-state index contributed by atoms with van der Waals surface area (Å²) in [5.74, 6) is -0.519. The first-order chi connectivity index (χ1) is 15.2. The quantitative estimate of drug-likeness (QED) is 0.525. The molecule has 1 fully saturated rings. The lowest BCUT2D eigenvalue weighted by molar-refractivity contribution is 0.0507. The van der Waals surface area contributed by atoms with Gasteiger partial charge in [-0.25, -0.2) is 4.39 Å². The summed E-state index contributed by atoms with van der Waals surface area (Å²) < 4.78 is 54.4.